The zero-order valence-electron chi connectivity index (χ0n) is 9.47. The molecule has 0 atom stereocenters. The fourth-order valence-electron chi connectivity index (χ4n) is 1.98. The van der Waals surface area contributed by atoms with Gasteiger partial charge in [-0.3, -0.25) is 0 Å². The van der Waals surface area contributed by atoms with E-state index in [4.69, 9.17) is 11.6 Å². The molecule has 3 heteroatoms. The van der Waals surface area contributed by atoms with Gasteiger partial charge < -0.3 is 5.11 Å². The number of halogens is 1. The van der Waals surface area contributed by atoms with Crippen LogP contribution in [0.15, 0.2) is 54.6 Å². The third-order valence-electron chi connectivity index (χ3n) is 2.87. The van der Waals surface area contributed by atoms with Crippen molar-refractivity contribution in [2.75, 3.05) is 0 Å². The Morgan fingerprint density at radius 3 is 2.44 bits per heavy atom. The van der Waals surface area contributed by atoms with Crippen LogP contribution in [0.4, 0.5) is 0 Å². The maximum Gasteiger partial charge on any atom is 0.137 e. The van der Waals surface area contributed by atoms with Crippen molar-refractivity contribution in [3.8, 4) is 16.9 Å². The summed E-state index contributed by atoms with van der Waals surface area (Å²) in [5.74, 6) is 0.205. The Morgan fingerprint density at radius 2 is 1.61 bits per heavy atom. The first-order valence-corrected chi connectivity index (χ1v) is 5.97. The molecule has 2 nitrogen and oxygen atoms in total. The largest absolute Gasteiger partial charge is 0.507 e. The lowest BCUT2D eigenvalue weighted by molar-refractivity contribution is 0.477. The van der Waals surface area contributed by atoms with Gasteiger partial charge in [0.2, 0.25) is 0 Å². The topological polar surface area (TPSA) is 33.1 Å². The molecule has 0 aliphatic heterocycles. The first-order valence-electron chi connectivity index (χ1n) is 5.59. The molecule has 0 saturated heterocycles. The molecule has 0 amide bonds. The zero-order valence-corrected chi connectivity index (χ0v) is 10.2. The van der Waals surface area contributed by atoms with Crippen molar-refractivity contribution < 1.29 is 5.11 Å². The van der Waals surface area contributed by atoms with Crippen LogP contribution in [-0.4, -0.2) is 10.1 Å². The molecule has 1 heterocycles. The smallest absolute Gasteiger partial charge is 0.137 e. The lowest BCUT2D eigenvalue weighted by Crippen LogP contribution is -1.86. The van der Waals surface area contributed by atoms with Gasteiger partial charge in [-0.15, -0.1) is 0 Å². The van der Waals surface area contributed by atoms with Crippen LogP contribution in [0.3, 0.4) is 0 Å². The Balaban J connectivity index is 2.30. The van der Waals surface area contributed by atoms with E-state index in [0.29, 0.717) is 10.7 Å². The quantitative estimate of drug-likeness (QED) is 0.659. The number of benzene rings is 2. The second kappa shape index (κ2) is 4.31. The Bertz CT molecular complexity index is 725. The highest BCUT2D eigenvalue weighted by atomic mass is 35.5. The van der Waals surface area contributed by atoms with Gasteiger partial charge in [0.05, 0.1) is 5.52 Å². The number of fused-ring (bicyclic) bond motifs is 1. The highest BCUT2D eigenvalue weighted by Crippen LogP contribution is 2.34. The Labute approximate surface area is 109 Å². The minimum atomic E-state index is 0.205. The number of rotatable bonds is 1. The van der Waals surface area contributed by atoms with E-state index in [1.165, 1.54) is 0 Å². The highest BCUT2D eigenvalue weighted by Gasteiger charge is 2.10. The molecule has 18 heavy (non-hydrogen) atoms. The maximum absolute atomic E-state index is 9.87. The van der Waals surface area contributed by atoms with E-state index < -0.39 is 0 Å². The van der Waals surface area contributed by atoms with Gasteiger partial charge in [-0.2, -0.15) is 0 Å². The van der Waals surface area contributed by atoms with Crippen molar-refractivity contribution in [2.45, 2.75) is 0 Å². The molecule has 0 fully saturated rings. The molecule has 0 aliphatic carbocycles. The molecule has 0 aliphatic rings. The Morgan fingerprint density at radius 1 is 0.889 bits per heavy atom. The number of phenols is 1. The van der Waals surface area contributed by atoms with Gasteiger partial charge >= 0.3 is 0 Å². The lowest BCUT2D eigenvalue weighted by Gasteiger charge is -2.07. The number of hydrogen-bond donors (Lipinski definition) is 1. The van der Waals surface area contributed by atoms with Crippen LogP contribution in [0, 0.1) is 0 Å². The third-order valence-corrected chi connectivity index (χ3v) is 3.16. The molecule has 0 saturated carbocycles. The van der Waals surface area contributed by atoms with E-state index in [0.717, 1.165) is 16.5 Å². The number of pyridine rings is 1. The zero-order chi connectivity index (χ0) is 12.5. The second-order valence-corrected chi connectivity index (χ2v) is 4.39. The summed E-state index contributed by atoms with van der Waals surface area (Å²) in [7, 11) is 0. The molecule has 0 bridgehead atoms. The second-order valence-electron chi connectivity index (χ2n) is 4.04. The fourth-order valence-corrected chi connectivity index (χ4v) is 2.23. The first kappa shape index (κ1) is 11.1. The van der Waals surface area contributed by atoms with E-state index in [1.807, 2.05) is 42.5 Å². The van der Waals surface area contributed by atoms with E-state index in [9.17, 15) is 5.11 Å². The highest BCUT2D eigenvalue weighted by molar-refractivity contribution is 6.32. The maximum atomic E-state index is 9.87. The van der Waals surface area contributed by atoms with Crippen molar-refractivity contribution in [1.82, 2.24) is 4.98 Å². The first-order chi connectivity index (χ1) is 8.75. The number of aromatic hydroxyl groups is 1. The standard InChI is InChI=1S/C15H10ClNO/c16-15-12(11-6-2-4-8-14(11)18)9-10-5-1-3-7-13(10)17-15/h1-9,18H. The molecule has 1 N–H and O–H groups in total. The van der Waals surface area contributed by atoms with Gasteiger partial charge in [0.25, 0.3) is 0 Å². The molecule has 3 rings (SSSR count). The summed E-state index contributed by atoms with van der Waals surface area (Å²) in [5, 5.41) is 11.3. The van der Waals surface area contributed by atoms with Gasteiger partial charge in [-0.05, 0) is 18.2 Å². The van der Waals surface area contributed by atoms with Crippen LogP contribution in [0.1, 0.15) is 0 Å². The van der Waals surface area contributed by atoms with Crippen molar-refractivity contribution in [1.29, 1.82) is 0 Å². The van der Waals surface area contributed by atoms with Crippen LogP contribution < -0.4 is 0 Å². The number of hydrogen-bond acceptors (Lipinski definition) is 2. The van der Waals surface area contributed by atoms with Crippen LogP contribution in [0.2, 0.25) is 5.15 Å². The van der Waals surface area contributed by atoms with Crippen LogP contribution in [-0.2, 0) is 0 Å². The summed E-state index contributed by atoms with van der Waals surface area (Å²) >= 11 is 6.19. The monoisotopic (exact) mass is 255 g/mol. The lowest BCUT2D eigenvalue weighted by atomic mass is 10.0. The summed E-state index contributed by atoms with van der Waals surface area (Å²) in [6.45, 7) is 0. The SMILES string of the molecule is Oc1ccccc1-c1cc2ccccc2nc1Cl. The molecule has 2 aromatic carbocycles. The molecule has 0 spiro atoms. The summed E-state index contributed by atoms with van der Waals surface area (Å²) in [4.78, 5) is 4.35. The van der Waals surface area contributed by atoms with E-state index in [1.54, 1.807) is 12.1 Å². The van der Waals surface area contributed by atoms with Crippen molar-refractivity contribution in [3.05, 3.63) is 59.8 Å². The Kier molecular flexibility index (Phi) is 2.65. The molecule has 3 aromatic rings. The average Bonchev–Trinajstić information content (AvgIpc) is 2.39. The Hall–Kier alpha value is -2.06. The van der Waals surface area contributed by atoms with Crippen LogP contribution in [0.25, 0.3) is 22.0 Å². The average molecular weight is 256 g/mol. The van der Waals surface area contributed by atoms with Crippen LogP contribution in [0.5, 0.6) is 5.75 Å². The van der Waals surface area contributed by atoms with Crippen molar-refractivity contribution >= 4 is 22.5 Å². The molecule has 1 aromatic heterocycles. The normalized spacial score (nSPS) is 10.7. The number of aromatic nitrogens is 1. The summed E-state index contributed by atoms with van der Waals surface area (Å²) in [6.07, 6.45) is 0. The van der Waals surface area contributed by atoms with Crippen molar-refractivity contribution in [3.63, 3.8) is 0 Å². The number of para-hydroxylation sites is 2. The molecule has 0 radical (unpaired) electrons. The molecule has 88 valence electrons. The van der Waals surface area contributed by atoms with Gasteiger partial charge in [0, 0.05) is 16.5 Å². The minimum absolute atomic E-state index is 0.205. The predicted molar refractivity (Wildman–Crippen MR) is 73.9 cm³/mol. The predicted octanol–water partition coefficient (Wildman–Crippen LogP) is 4.26. The van der Waals surface area contributed by atoms with Crippen LogP contribution >= 0.6 is 11.6 Å². The van der Waals surface area contributed by atoms with Gasteiger partial charge in [-0.1, -0.05) is 48.0 Å². The third kappa shape index (κ3) is 1.81. The van der Waals surface area contributed by atoms with Crippen molar-refractivity contribution in [2.24, 2.45) is 0 Å². The minimum Gasteiger partial charge on any atom is -0.507 e. The number of nitrogens with zero attached hydrogens (tertiary/aromatic N) is 1. The summed E-state index contributed by atoms with van der Waals surface area (Å²) < 4.78 is 0. The summed E-state index contributed by atoms with van der Waals surface area (Å²) in [6, 6.07) is 16.8. The number of phenolic OH excluding ortho intramolecular Hbond substituents is 1. The van der Waals surface area contributed by atoms with E-state index in [-0.39, 0.29) is 5.75 Å². The summed E-state index contributed by atoms with van der Waals surface area (Å²) in [5.41, 5.74) is 2.29. The fraction of sp³-hybridized carbons (Fsp3) is 0. The molecular weight excluding hydrogens is 246 g/mol. The van der Waals surface area contributed by atoms with Gasteiger partial charge in [0.1, 0.15) is 10.9 Å². The van der Waals surface area contributed by atoms with E-state index >= 15 is 0 Å². The molecular formula is C15H10ClNO. The van der Waals surface area contributed by atoms with Gasteiger partial charge in [0.15, 0.2) is 0 Å². The van der Waals surface area contributed by atoms with Gasteiger partial charge in [-0.25, -0.2) is 4.98 Å². The molecule has 0 unspecified atom stereocenters. The van der Waals surface area contributed by atoms with E-state index in [2.05, 4.69) is 4.98 Å².